The fourth-order valence-electron chi connectivity index (χ4n) is 3.71. The molecule has 0 bridgehead atoms. The zero-order valence-electron chi connectivity index (χ0n) is 16.0. The fraction of sp³-hybridized carbons (Fsp3) is 0.400. The molecular formula is C20H24Br2N4O2. The molecule has 0 saturated heterocycles. The Morgan fingerprint density at radius 2 is 1.39 bits per heavy atom. The highest BCUT2D eigenvalue weighted by Gasteiger charge is 2.24. The standard InChI is InChI=1S/C10H11BrN2O2.C10H13BrN2/c1-12-5-4-7-8(6-12)10(13(14)15)3-2-9(7)11;1-13-5-4-7-8(6-13)10(12)3-2-9(7)11/h2-3H,4-6H2,1H3;2-3H,4-6,12H2,1H3. The van der Waals surface area contributed by atoms with E-state index in [9.17, 15) is 10.1 Å². The van der Waals surface area contributed by atoms with Crippen molar-refractivity contribution in [2.45, 2.75) is 25.9 Å². The minimum Gasteiger partial charge on any atom is -0.398 e. The van der Waals surface area contributed by atoms with Gasteiger partial charge in [0.1, 0.15) is 0 Å². The molecule has 150 valence electrons. The molecule has 2 heterocycles. The molecule has 8 heteroatoms. The van der Waals surface area contributed by atoms with Crippen molar-refractivity contribution in [1.82, 2.24) is 9.80 Å². The number of nitrogen functional groups attached to an aromatic ring is 1. The van der Waals surface area contributed by atoms with Crippen LogP contribution in [0.15, 0.2) is 33.2 Å². The summed E-state index contributed by atoms with van der Waals surface area (Å²) < 4.78 is 2.18. The summed E-state index contributed by atoms with van der Waals surface area (Å²) in [6, 6.07) is 7.35. The quantitative estimate of drug-likeness (QED) is 0.349. The Hall–Kier alpha value is -1.48. The lowest BCUT2D eigenvalue weighted by Crippen LogP contribution is -2.27. The molecule has 0 atom stereocenters. The van der Waals surface area contributed by atoms with E-state index >= 15 is 0 Å². The van der Waals surface area contributed by atoms with Gasteiger partial charge in [-0.2, -0.15) is 0 Å². The first kappa shape index (κ1) is 21.2. The van der Waals surface area contributed by atoms with Crippen molar-refractivity contribution in [2.24, 2.45) is 0 Å². The maximum absolute atomic E-state index is 10.9. The van der Waals surface area contributed by atoms with Crippen molar-refractivity contribution in [3.05, 3.63) is 65.6 Å². The van der Waals surface area contributed by atoms with Crippen molar-refractivity contribution in [1.29, 1.82) is 0 Å². The van der Waals surface area contributed by atoms with Crippen LogP contribution in [0.1, 0.15) is 22.3 Å². The molecule has 0 unspecified atom stereocenters. The monoisotopic (exact) mass is 510 g/mol. The first-order valence-electron chi connectivity index (χ1n) is 9.15. The lowest BCUT2D eigenvalue weighted by atomic mass is 9.98. The van der Waals surface area contributed by atoms with Gasteiger partial charge in [-0.1, -0.05) is 31.9 Å². The molecule has 0 fully saturated rings. The van der Waals surface area contributed by atoms with Crippen LogP contribution in [0, 0.1) is 10.1 Å². The second-order valence-corrected chi connectivity index (χ2v) is 9.06. The molecule has 0 radical (unpaired) electrons. The predicted octanol–water partition coefficient (Wildman–Crippen LogP) is 4.36. The Labute approximate surface area is 182 Å². The number of rotatable bonds is 1. The summed E-state index contributed by atoms with van der Waals surface area (Å²) >= 11 is 7.01. The average Bonchev–Trinajstić information content (AvgIpc) is 2.65. The molecule has 0 aromatic heterocycles. The van der Waals surface area contributed by atoms with Crippen LogP contribution in [-0.4, -0.2) is 41.9 Å². The van der Waals surface area contributed by atoms with E-state index in [1.807, 2.05) is 19.2 Å². The Balaban J connectivity index is 0.000000162. The van der Waals surface area contributed by atoms with E-state index in [0.29, 0.717) is 6.54 Å². The lowest BCUT2D eigenvalue weighted by molar-refractivity contribution is -0.385. The van der Waals surface area contributed by atoms with Crippen molar-refractivity contribution in [2.75, 3.05) is 32.9 Å². The van der Waals surface area contributed by atoms with Gasteiger partial charge in [0.15, 0.2) is 0 Å². The third-order valence-corrected chi connectivity index (χ3v) is 6.79. The van der Waals surface area contributed by atoms with Crippen LogP contribution in [0.2, 0.25) is 0 Å². The fourth-order valence-corrected chi connectivity index (χ4v) is 4.85. The van der Waals surface area contributed by atoms with Crippen LogP contribution in [0.5, 0.6) is 0 Å². The number of halogens is 2. The van der Waals surface area contributed by atoms with Crippen molar-refractivity contribution in [3.8, 4) is 0 Å². The summed E-state index contributed by atoms with van der Waals surface area (Å²) in [5.74, 6) is 0. The molecule has 28 heavy (non-hydrogen) atoms. The SMILES string of the molecule is CN1CCc2c(Br)ccc(N)c2C1.CN1CCc2c(Br)ccc([N+](=O)[O-])c2C1. The molecule has 0 amide bonds. The summed E-state index contributed by atoms with van der Waals surface area (Å²) in [7, 11) is 4.11. The topological polar surface area (TPSA) is 75.6 Å². The van der Waals surface area contributed by atoms with Gasteiger partial charge in [-0.05, 0) is 61.8 Å². The molecular weight excluding hydrogens is 488 g/mol. The molecule has 0 aliphatic carbocycles. The summed E-state index contributed by atoms with van der Waals surface area (Å²) in [5.41, 5.74) is 11.7. The van der Waals surface area contributed by atoms with Gasteiger partial charge in [-0.15, -0.1) is 0 Å². The number of likely N-dealkylation sites (N-methyl/N-ethyl adjacent to an activating group) is 2. The van der Waals surface area contributed by atoms with Crippen LogP contribution in [0.4, 0.5) is 11.4 Å². The highest BCUT2D eigenvalue weighted by Crippen LogP contribution is 2.33. The summed E-state index contributed by atoms with van der Waals surface area (Å²) in [6.45, 7) is 3.70. The third kappa shape index (κ3) is 4.56. The number of benzene rings is 2. The molecule has 6 nitrogen and oxygen atoms in total. The van der Waals surface area contributed by atoms with E-state index in [-0.39, 0.29) is 10.6 Å². The van der Waals surface area contributed by atoms with E-state index in [2.05, 4.69) is 48.7 Å². The molecule has 2 aromatic carbocycles. The second-order valence-electron chi connectivity index (χ2n) is 7.35. The summed E-state index contributed by atoms with van der Waals surface area (Å²) in [6.07, 6.45) is 1.96. The van der Waals surface area contributed by atoms with Crippen molar-refractivity contribution >= 4 is 43.2 Å². The van der Waals surface area contributed by atoms with E-state index in [1.165, 1.54) is 15.6 Å². The molecule has 4 rings (SSSR count). The van der Waals surface area contributed by atoms with Crippen LogP contribution >= 0.6 is 31.9 Å². The first-order valence-corrected chi connectivity index (χ1v) is 10.7. The van der Waals surface area contributed by atoms with Gasteiger partial charge in [0.2, 0.25) is 0 Å². The Morgan fingerprint density at radius 1 is 0.893 bits per heavy atom. The second kappa shape index (κ2) is 8.90. The Bertz CT molecular complexity index is 904. The van der Waals surface area contributed by atoms with Gasteiger partial charge >= 0.3 is 0 Å². The minimum atomic E-state index is -0.301. The third-order valence-electron chi connectivity index (χ3n) is 5.30. The number of hydrogen-bond donors (Lipinski definition) is 1. The average molecular weight is 512 g/mol. The number of nitro benzene ring substituents is 1. The summed E-state index contributed by atoms with van der Waals surface area (Å²) in [5, 5.41) is 10.9. The molecule has 2 aliphatic heterocycles. The van der Waals surface area contributed by atoms with E-state index < -0.39 is 0 Å². The lowest BCUT2D eigenvalue weighted by Gasteiger charge is -2.26. The predicted molar refractivity (Wildman–Crippen MR) is 119 cm³/mol. The van der Waals surface area contributed by atoms with Crippen molar-refractivity contribution < 1.29 is 4.92 Å². The Morgan fingerprint density at radius 3 is 1.96 bits per heavy atom. The van der Waals surface area contributed by atoms with Gasteiger partial charge in [0.05, 0.1) is 4.92 Å². The molecule has 2 aromatic rings. The van der Waals surface area contributed by atoms with Crippen LogP contribution in [0.25, 0.3) is 0 Å². The zero-order valence-corrected chi connectivity index (χ0v) is 19.2. The molecule has 2 N–H and O–H groups in total. The largest absolute Gasteiger partial charge is 0.398 e. The number of nitro groups is 1. The number of anilines is 1. The van der Waals surface area contributed by atoms with Gasteiger partial charge in [-0.3, -0.25) is 10.1 Å². The van der Waals surface area contributed by atoms with E-state index in [1.54, 1.807) is 12.1 Å². The van der Waals surface area contributed by atoms with Gasteiger partial charge in [-0.25, -0.2) is 0 Å². The molecule has 2 aliphatic rings. The normalized spacial score (nSPS) is 16.6. The summed E-state index contributed by atoms with van der Waals surface area (Å²) in [4.78, 5) is 15.0. The van der Waals surface area contributed by atoms with Crippen LogP contribution in [-0.2, 0) is 25.9 Å². The van der Waals surface area contributed by atoms with Crippen LogP contribution < -0.4 is 5.73 Å². The highest BCUT2D eigenvalue weighted by molar-refractivity contribution is 9.10. The highest BCUT2D eigenvalue weighted by atomic mass is 79.9. The number of hydrogen-bond acceptors (Lipinski definition) is 5. The van der Waals surface area contributed by atoms with Crippen LogP contribution in [0.3, 0.4) is 0 Å². The number of nitrogens with zero attached hydrogens (tertiary/aromatic N) is 3. The van der Waals surface area contributed by atoms with Gasteiger partial charge < -0.3 is 15.5 Å². The van der Waals surface area contributed by atoms with E-state index in [4.69, 9.17) is 5.73 Å². The van der Waals surface area contributed by atoms with E-state index in [0.717, 1.165) is 53.8 Å². The van der Waals surface area contributed by atoms with Gasteiger partial charge in [0, 0.05) is 52.4 Å². The number of nitrogens with two attached hydrogens (primary N) is 1. The number of fused-ring (bicyclic) bond motifs is 2. The smallest absolute Gasteiger partial charge is 0.274 e. The zero-order chi connectivity index (χ0) is 20.4. The first-order chi connectivity index (χ1) is 13.3. The van der Waals surface area contributed by atoms with Crippen molar-refractivity contribution in [3.63, 3.8) is 0 Å². The molecule has 0 spiro atoms. The molecule has 0 saturated carbocycles. The minimum absolute atomic E-state index is 0.236. The van der Waals surface area contributed by atoms with Gasteiger partial charge in [0.25, 0.3) is 5.69 Å². The maximum atomic E-state index is 10.9. The Kier molecular flexibility index (Phi) is 6.75. The maximum Gasteiger partial charge on any atom is 0.274 e.